The summed E-state index contributed by atoms with van der Waals surface area (Å²) < 4.78 is 5.47. The van der Waals surface area contributed by atoms with Crippen molar-refractivity contribution in [3.63, 3.8) is 0 Å². The lowest BCUT2D eigenvalue weighted by Gasteiger charge is -2.32. The quantitative estimate of drug-likeness (QED) is 0.861. The van der Waals surface area contributed by atoms with Crippen molar-refractivity contribution in [2.75, 3.05) is 37.4 Å². The van der Waals surface area contributed by atoms with Gasteiger partial charge in [0.15, 0.2) is 0 Å². The summed E-state index contributed by atoms with van der Waals surface area (Å²) in [5, 5.41) is 3.57. The van der Waals surface area contributed by atoms with E-state index in [1.54, 1.807) is 0 Å². The molecule has 1 atom stereocenters. The third kappa shape index (κ3) is 4.31. The van der Waals surface area contributed by atoms with Crippen LogP contribution in [0.25, 0.3) is 0 Å². The zero-order valence-corrected chi connectivity index (χ0v) is 15.1. The molecular formula is C20H27N5O. The highest BCUT2D eigenvalue weighted by Crippen LogP contribution is 2.26. The molecule has 0 amide bonds. The number of benzene rings is 1. The molecule has 0 unspecified atom stereocenters. The van der Waals surface area contributed by atoms with Crippen molar-refractivity contribution in [1.82, 2.24) is 14.9 Å². The van der Waals surface area contributed by atoms with Gasteiger partial charge >= 0.3 is 0 Å². The minimum atomic E-state index is 0.341. The average Bonchev–Trinajstić information content (AvgIpc) is 3.19. The van der Waals surface area contributed by atoms with Crippen LogP contribution in [0.3, 0.4) is 0 Å². The summed E-state index contributed by atoms with van der Waals surface area (Å²) in [6, 6.07) is 13.2. The lowest BCUT2D eigenvalue weighted by molar-refractivity contribution is 0.193. The van der Waals surface area contributed by atoms with E-state index in [9.17, 15) is 0 Å². The minimum Gasteiger partial charge on any atom is -0.381 e. The number of hydrogen-bond donors (Lipinski definition) is 2. The van der Waals surface area contributed by atoms with E-state index in [0.717, 1.165) is 63.6 Å². The fourth-order valence-corrected chi connectivity index (χ4v) is 3.82. The smallest absolute Gasteiger partial charge is 0.222 e. The van der Waals surface area contributed by atoms with Crippen LogP contribution in [-0.4, -0.2) is 47.2 Å². The van der Waals surface area contributed by atoms with Gasteiger partial charge in [0.1, 0.15) is 5.82 Å². The van der Waals surface area contributed by atoms with Crippen LogP contribution in [0.15, 0.2) is 36.4 Å². The molecule has 3 heterocycles. The number of nitrogens with one attached hydrogen (secondary N) is 1. The lowest BCUT2D eigenvalue weighted by Crippen LogP contribution is -2.38. The molecule has 1 aromatic heterocycles. The molecule has 0 bridgehead atoms. The SMILES string of the molecule is Nc1nc(NC2CCN(Cc3ccccc3)CC2)cc([C@@H]2CCOC2)n1. The van der Waals surface area contributed by atoms with E-state index in [4.69, 9.17) is 10.5 Å². The molecule has 0 saturated carbocycles. The molecule has 2 fully saturated rings. The Hall–Kier alpha value is -2.18. The number of aromatic nitrogens is 2. The van der Waals surface area contributed by atoms with E-state index >= 15 is 0 Å². The van der Waals surface area contributed by atoms with Gasteiger partial charge in [-0.05, 0) is 24.8 Å². The van der Waals surface area contributed by atoms with Gasteiger partial charge in [-0.2, -0.15) is 4.98 Å². The number of nitrogens with two attached hydrogens (primary N) is 1. The predicted octanol–water partition coefficient (Wildman–Crippen LogP) is 2.64. The first kappa shape index (κ1) is 17.2. The fraction of sp³-hybridized carbons (Fsp3) is 0.500. The average molecular weight is 353 g/mol. The largest absolute Gasteiger partial charge is 0.381 e. The molecular weight excluding hydrogens is 326 g/mol. The van der Waals surface area contributed by atoms with Gasteiger partial charge in [-0.1, -0.05) is 30.3 Å². The van der Waals surface area contributed by atoms with Crippen molar-refractivity contribution in [2.24, 2.45) is 0 Å². The van der Waals surface area contributed by atoms with Crippen molar-refractivity contribution in [3.8, 4) is 0 Å². The third-order valence-corrected chi connectivity index (χ3v) is 5.30. The molecule has 1 aromatic carbocycles. The Balaban J connectivity index is 1.32. The maximum absolute atomic E-state index is 5.93. The van der Waals surface area contributed by atoms with Gasteiger partial charge < -0.3 is 15.8 Å². The molecule has 0 aliphatic carbocycles. The van der Waals surface area contributed by atoms with E-state index in [2.05, 4.69) is 50.5 Å². The Kier molecular flexibility index (Phi) is 5.32. The Morgan fingerprint density at radius 2 is 1.92 bits per heavy atom. The van der Waals surface area contributed by atoms with E-state index in [-0.39, 0.29) is 0 Å². The van der Waals surface area contributed by atoms with Gasteiger partial charge in [0.2, 0.25) is 5.95 Å². The number of rotatable bonds is 5. The molecule has 2 aliphatic heterocycles. The van der Waals surface area contributed by atoms with Crippen LogP contribution >= 0.6 is 0 Å². The highest BCUT2D eigenvalue weighted by atomic mass is 16.5. The second-order valence-corrected chi connectivity index (χ2v) is 7.28. The lowest BCUT2D eigenvalue weighted by atomic mass is 10.0. The first-order valence-corrected chi connectivity index (χ1v) is 9.51. The van der Waals surface area contributed by atoms with Crippen molar-refractivity contribution in [2.45, 2.75) is 37.8 Å². The van der Waals surface area contributed by atoms with Crippen molar-refractivity contribution < 1.29 is 4.74 Å². The number of nitrogens with zero attached hydrogens (tertiary/aromatic N) is 3. The van der Waals surface area contributed by atoms with Gasteiger partial charge in [0.05, 0.1) is 12.3 Å². The van der Waals surface area contributed by atoms with Crippen LogP contribution in [0.2, 0.25) is 0 Å². The Bertz CT molecular complexity index is 709. The molecule has 2 aromatic rings. The minimum absolute atomic E-state index is 0.341. The molecule has 26 heavy (non-hydrogen) atoms. The van der Waals surface area contributed by atoms with Crippen LogP contribution in [0.1, 0.15) is 36.4 Å². The second kappa shape index (κ2) is 8.01. The van der Waals surface area contributed by atoms with Crippen LogP contribution < -0.4 is 11.1 Å². The van der Waals surface area contributed by atoms with E-state index in [1.807, 2.05) is 6.07 Å². The van der Waals surface area contributed by atoms with Crippen molar-refractivity contribution in [3.05, 3.63) is 47.7 Å². The van der Waals surface area contributed by atoms with E-state index in [0.29, 0.717) is 17.9 Å². The Morgan fingerprint density at radius 3 is 2.65 bits per heavy atom. The zero-order valence-electron chi connectivity index (χ0n) is 15.1. The number of hydrogen-bond acceptors (Lipinski definition) is 6. The maximum Gasteiger partial charge on any atom is 0.222 e. The van der Waals surface area contributed by atoms with Crippen molar-refractivity contribution >= 4 is 11.8 Å². The van der Waals surface area contributed by atoms with Crippen LogP contribution in [-0.2, 0) is 11.3 Å². The van der Waals surface area contributed by atoms with E-state index < -0.39 is 0 Å². The fourth-order valence-electron chi connectivity index (χ4n) is 3.82. The first-order chi connectivity index (χ1) is 12.8. The number of ether oxygens (including phenoxy) is 1. The second-order valence-electron chi connectivity index (χ2n) is 7.28. The topological polar surface area (TPSA) is 76.3 Å². The molecule has 3 N–H and O–H groups in total. The molecule has 0 radical (unpaired) electrons. The standard InChI is InChI=1S/C20H27N5O/c21-20-23-18(16-8-11-26-14-16)12-19(24-20)22-17-6-9-25(10-7-17)13-15-4-2-1-3-5-15/h1-5,12,16-17H,6-11,13-14H2,(H3,21,22,23,24)/t16-/m1/s1. The van der Waals surface area contributed by atoms with Gasteiger partial charge in [0, 0.05) is 44.3 Å². The predicted molar refractivity (Wildman–Crippen MR) is 103 cm³/mol. The Morgan fingerprint density at radius 1 is 1.12 bits per heavy atom. The summed E-state index contributed by atoms with van der Waals surface area (Å²) >= 11 is 0. The third-order valence-electron chi connectivity index (χ3n) is 5.30. The van der Waals surface area contributed by atoms with Gasteiger partial charge in [0.25, 0.3) is 0 Å². The van der Waals surface area contributed by atoms with Gasteiger partial charge in [-0.15, -0.1) is 0 Å². The molecule has 138 valence electrons. The maximum atomic E-state index is 5.93. The van der Waals surface area contributed by atoms with E-state index in [1.165, 1.54) is 5.56 Å². The summed E-state index contributed by atoms with van der Waals surface area (Å²) in [6.45, 7) is 4.75. The normalized spacial score (nSPS) is 21.8. The zero-order chi connectivity index (χ0) is 17.8. The summed E-state index contributed by atoms with van der Waals surface area (Å²) in [4.78, 5) is 11.3. The molecule has 4 rings (SSSR count). The number of piperidine rings is 1. The highest BCUT2D eigenvalue weighted by Gasteiger charge is 2.22. The molecule has 2 saturated heterocycles. The van der Waals surface area contributed by atoms with Crippen LogP contribution in [0, 0.1) is 0 Å². The monoisotopic (exact) mass is 353 g/mol. The number of anilines is 2. The highest BCUT2D eigenvalue weighted by molar-refractivity contribution is 5.42. The molecule has 2 aliphatic rings. The van der Waals surface area contributed by atoms with Gasteiger partial charge in [-0.25, -0.2) is 4.98 Å². The van der Waals surface area contributed by atoms with Gasteiger partial charge in [-0.3, -0.25) is 4.90 Å². The number of nitrogen functional groups attached to an aromatic ring is 1. The number of likely N-dealkylation sites (tertiary alicyclic amines) is 1. The molecule has 6 heteroatoms. The summed E-state index contributed by atoms with van der Waals surface area (Å²) in [6.07, 6.45) is 3.23. The molecule has 6 nitrogen and oxygen atoms in total. The summed E-state index contributed by atoms with van der Waals surface area (Å²) in [7, 11) is 0. The summed E-state index contributed by atoms with van der Waals surface area (Å²) in [5.41, 5.74) is 8.31. The Labute approximate surface area is 154 Å². The van der Waals surface area contributed by atoms with Crippen molar-refractivity contribution in [1.29, 1.82) is 0 Å². The summed E-state index contributed by atoms with van der Waals surface area (Å²) in [5.74, 6) is 1.54. The first-order valence-electron chi connectivity index (χ1n) is 9.51. The molecule has 0 spiro atoms. The van der Waals surface area contributed by atoms with Crippen LogP contribution in [0.5, 0.6) is 0 Å². The van der Waals surface area contributed by atoms with Crippen LogP contribution in [0.4, 0.5) is 11.8 Å².